The highest BCUT2D eigenvalue weighted by Crippen LogP contribution is 2.28. The van der Waals surface area contributed by atoms with E-state index in [9.17, 15) is 24.3 Å². The zero-order valence-electron chi connectivity index (χ0n) is 22.3. The molecule has 0 aromatic heterocycles. The number of aliphatic imine (C=N–C) groups is 1. The summed E-state index contributed by atoms with van der Waals surface area (Å²) in [5.41, 5.74) is 3.63. The Kier molecular flexibility index (Phi) is 8.06. The van der Waals surface area contributed by atoms with E-state index in [1.807, 2.05) is 43.3 Å². The smallest absolute Gasteiger partial charge is 0.344 e. The fourth-order valence-electron chi connectivity index (χ4n) is 4.91. The number of anilines is 2. The van der Waals surface area contributed by atoms with Crippen LogP contribution in [0.15, 0.2) is 83.9 Å². The summed E-state index contributed by atoms with van der Waals surface area (Å²) >= 11 is 0. The second-order valence-corrected chi connectivity index (χ2v) is 9.76. The maximum absolute atomic E-state index is 13.9. The molecule has 1 fully saturated rings. The number of nitrogens with zero attached hydrogens (tertiary/aromatic N) is 3. The molecule has 3 N–H and O–H groups in total. The molecule has 0 saturated carbocycles. The van der Waals surface area contributed by atoms with E-state index in [1.165, 1.54) is 4.90 Å². The molecule has 41 heavy (non-hydrogen) atoms. The zero-order chi connectivity index (χ0) is 28.9. The standard InChI is InChI=1S/C30H29N5O6/c1-19-9-7-12-21(17-19)31-30(40)33-27-28(37)34(18-25(36)41-35-16-8-15-24(35)29(38)39)23-14-6-5-13-22(23)26(32-27)20-10-3-2-4-11-20/h2-7,9-14,17,24,27H,8,15-16,18H2,1H3,(H,38,39)(H2,31,33,40)/t24-,27?/m0/s1. The minimum atomic E-state index is -1.38. The van der Waals surface area contributed by atoms with Crippen molar-refractivity contribution in [1.29, 1.82) is 0 Å². The van der Waals surface area contributed by atoms with E-state index in [1.54, 1.807) is 42.5 Å². The lowest BCUT2D eigenvalue weighted by atomic mass is 10.0. The molecule has 0 spiro atoms. The highest BCUT2D eigenvalue weighted by molar-refractivity contribution is 6.21. The molecular weight excluding hydrogens is 526 g/mol. The van der Waals surface area contributed by atoms with Gasteiger partial charge in [-0.2, -0.15) is 0 Å². The number of carbonyl (C=O) groups is 4. The number of carboxylic acids is 1. The predicted molar refractivity (Wildman–Crippen MR) is 151 cm³/mol. The predicted octanol–water partition coefficient (Wildman–Crippen LogP) is 3.33. The van der Waals surface area contributed by atoms with Gasteiger partial charge in [-0.15, -0.1) is 5.06 Å². The number of aliphatic carboxylic acids is 1. The number of nitrogens with one attached hydrogen (secondary N) is 2. The van der Waals surface area contributed by atoms with Gasteiger partial charge in [0, 0.05) is 23.4 Å². The Morgan fingerprint density at radius 3 is 2.54 bits per heavy atom. The number of benzodiazepines with no additional fused rings is 1. The fourth-order valence-corrected chi connectivity index (χ4v) is 4.91. The first-order valence-corrected chi connectivity index (χ1v) is 13.2. The molecule has 0 radical (unpaired) electrons. The first-order valence-electron chi connectivity index (χ1n) is 13.2. The van der Waals surface area contributed by atoms with E-state index >= 15 is 0 Å². The maximum Gasteiger partial charge on any atom is 0.344 e. The molecule has 2 aliphatic heterocycles. The van der Waals surface area contributed by atoms with Gasteiger partial charge < -0.3 is 20.6 Å². The van der Waals surface area contributed by atoms with Gasteiger partial charge in [0.2, 0.25) is 6.17 Å². The number of aryl methyl sites for hydroxylation is 1. The average molecular weight is 556 g/mol. The molecule has 3 aromatic rings. The maximum atomic E-state index is 13.9. The minimum Gasteiger partial charge on any atom is -0.480 e. The van der Waals surface area contributed by atoms with Crippen LogP contribution in [0.5, 0.6) is 0 Å². The molecule has 2 atom stereocenters. The number of carboxylic acid groups (broad SMARTS) is 1. The second kappa shape index (κ2) is 12.0. The number of hydrogen-bond donors (Lipinski definition) is 3. The first-order chi connectivity index (χ1) is 19.8. The van der Waals surface area contributed by atoms with Crippen LogP contribution in [0.25, 0.3) is 0 Å². The van der Waals surface area contributed by atoms with Crippen molar-refractivity contribution in [2.75, 3.05) is 23.3 Å². The van der Waals surface area contributed by atoms with Gasteiger partial charge in [0.1, 0.15) is 12.6 Å². The molecule has 0 aliphatic carbocycles. The average Bonchev–Trinajstić information content (AvgIpc) is 3.38. The van der Waals surface area contributed by atoms with Gasteiger partial charge in [0.25, 0.3) is 5.91 Å². The van der Waals surface area contributed by atoms with E-state index in [0.29, 0.717) is 41.1 Å². The van der Waals surface area contributed by atoms with E-state index in [0.717, 1.165) is 10.6 Å². The fraction of sp³-hybridized carbons (Fsp3) is 0.233. The van der Waals surface area contributed by atoms with Gasteiger partial charge in [0.05, 0.1) is 11.4 Å². The van der Waals surface area contributed by atoms with Crippen LogP contribution in [0.1, 0.15) is 29.5 Å². The summed E-state index contributed by atoms with van der Waals surface area (Å²) in [6, 6.07) is 21.8. The molecule has 3 aromatic carbocycles. The van der Waals surface area contributed by atoms with Crippen molar-refractivity contribution in [3.8, 4) is 0 Å². The van der Waals surface area contributed by atoms with Crippen molar-refractivity contribution in [2.24, 2.45) is 4.99 Å². The van der Waals surface area contributed by atoms with Crippen molar-refractivity contribution < 1.29 is 29.1 Å². The summed E-state index contributed by atoms with van der Waals surface area (Å²) in [4.78, 5) is 62.8. The van der Waals surface area contributed by atoms with Crippen molar-refractivity contribution in [1.82, 2.24) is 10.4 Å². The van der Waals surface area contributed by atoms with Crippen molar-refractivity contribution >= 4 is 41.0 Å². The third kappa shape index (κ3) is 6.25. The van der Waals surface area contributed by atoms with Crippen LogP contribution in [0.3, 0.4) is 0 Å². The zero-order valence-corrected chi connectivity index (χ0v) is 22.3. The molecule has 1 saturated heterocycles. The molecule has 11 nitrogen and oxygen atoms in total. The highest BCUT2D eigenvalue weighted by atomic mass is 16.7. The molecule has 210 valence electrons. The summed E-state index contributed by atoms with van der Waals surface area (Å²) in [7, 11) is 0. The third-order valence-corrected chi connectivity index (χ3v) is 6.79. The number of hydroxylamine groups is 2. The second-order valence-electron chi connectivity index (χ2n) is 9.76. The van der Waals surface area contributed by atoms with Gasteiger partial charge in [-0.05, 0) is 43.5 Å². The minimum absolute atomic E-state index is 0.276. The Morgan fingerprint density at radius 1 is 1.02 bits per heavy atom. The summed E-state index contributed by atoms with van der Waals surface area (Å²) in [5.74, 6) is -2.56. The van der Waals surface area contributed by atoms with Gasteiger partial charge in [-0.1, -0.05) is 60.7 Å². The third-order valence-electron chi connectivity index (χ3n) is 6.79. The van der Waals surface area contributed by atoms with Gasteiger partial charge in [-0.3, -0.25) is 14.5 Å². The summed E-state index contributed by atoms with van der Waals surface area (Å²) in [6.07, 6.45) is -0.468. The number of para-hydroxylation sites is 1. The van der Waals surface area contributed by atoms with E-state index in [4.69, 9.17) is 4.84 Å². The summed E-state index contributed by atoms with van der Waals surface area (Å²) in [6.45, 7) is 1.65. The number of urea groups is 1. The van der Waals surface area contributed by atoms with Crippen LogP contribution >= 0.6 is 0 Å². The molecule has 2 aliphatic rings. The topological polar surface area (TPSA) is 141 Å². The van der Waals surface area contributed by atoms with Crippen LogP contribution in [0.4, 0.5) is 16.2 Å². The highest BCUT2D eigenvalue weighted by Gasteiger charge is 2.37. The lowest BCUT2D eigenvalue weighted by molar-refractivity contribution is -0.197. The molecule has 1 unspecified atom stereocenters. The van der Waals surface area contributed by atoms with Crippen LogP contribution in [-0.2, 0) is 19.2 Å². The molecule has 11 heteroatoms. The molecule has 5 rings (SSSR count). The van der Waals surface area contributed by atoms with Crippen LogP contribution in [0, 0.1) is 6.92 Å². The number of fused-ring (bicyclic) bond motifs is 1. The summed E-state index contributed by atoms with van der Waals surface area (Å²) < 4.78 is 0. The van der Waals surface area contributed by atoms with Crippen LogP contribution in [0.2, 0.25) is 0 Å². The van der Waals surface area contributed by atoms with Crippen molar-refractivity contribution in [2.45, 2.75) is 32.0 Å². The van der Waals surface area contributed by atoms with Crippen molar-refractivity contribution in [3.63, 3.8) is 0 Å². The molecular formula is C30H29N5O6. The number of amides is 3. The van der Waals surface area contributed by atoms with Gasteiger partial charge in [0.15, 0.2) is 0 Å². The summed E-state index contributed by atoms with van der Waals surface area (Å²) in [5, 5.41) is 15.9. The Bertz CT molecular complexity index is 1510. The number of benzene rings is 3. The Morgan fingerprint density at radius 2 is 1.78 bits per heavy atom. The van der Waals surface area contributed by atoms with Gasteiger partial charge in [-0.25, -0.2) is 14.6 Å². The van der Waals surface area contributed by atoms with E-state index in [-0.39, 0.29) is 6.54 Å². The van der Waals surface area contributed by atoms with E-state index < -0.39 is 42.6 Å². The van der Waals surface area contributed by atoms with Gasteiger partial charge >= 0.3 is 18.0 Å². The molecule has 0 bridgehead atoms. The Labute approximate surface area is 236 Å². The first kappa shape index (κ1) is 27.5. The molecule has 2 heterocycles. The Hall–Kier alpha value is -5.03. The normalized spacial score (nSPS) is 18.6. The SMILES string of the molecule is Cc1cccc(NC(=O)NC2N=C(c3ccccc3)c3ccccc3N(CC(=O)ON3CCC[C@H]3C(=O)O)C2=O)c1. The number of carbonyl (C=O) groups excluding carboxylic acids is 3. The lowest BCUT2D eigenvalue weighted by Gasteiger charge is -2.26. The quantitative estimate of drug-likeness (QED) is 0.406. The number of hydrogen-bond acceptors (Lipinski definition) is 7. The molecule has 3 amide bonds. The van der Waals surface area contributed by atoms with E-state index in [2.05, 4.69) is 15.6 Å². The lowest BCUT2D eigenvalue weighted by Crippen LogP contribution is -2.50. The van der Waals surface area contributed by atoms with Crippen LogP contribution in [-0.4, -0.2) is 65.1 Å². The Balaban J connectivity index is 1.47. The number of rotatable bonds is 7. The van der Waals surface area contributed by atoms with Crippen molar-refractivity contribution in [3.05, 3.63) is 95.6 Å². The largest absolute Gasteiger partial charge is 0.480 e. The monoisotopic (exact) mass is 555 g/mol. The van der Waals surface area contributed by atoms with Crippen LogP contribution < -0.4 is 15.5 Å².